The van der Waals surface area contributed by atoms with Crippen LogP contribution in [0.15, 0.2) is 0 Å². The zero-order chi connectivity index (χ0) is 15.6. The summed E-state index contributed by atoms with van der Waals surface area (Å²) in [5.74, 6) is 0.102. The summed E-state index contributed by atoms with van der Waals surface area (Å²) in [6, 6.07) is -0.714. The highest BCUT2D eigenvalue weighted by atomic mass is 32.2. The van der Waals surface area contributed by atoms with E-state index in [-0.39, 0.29) is 48.2 Å². The molecule has 2 atom stereocenters. The third-order valence-corrected chi connectivity index (χ3v) is 5.97. The van der Waals surface area contributed by atoms with Crippen molar-refractivity contribution in [1.82, 2.24) is 10.2 Å². The number of nitrogens with one attached hydrogen (secondary N) is 1. The molecule has 21 heavy (non-hydrogen) atoms. The van der Waals surface area contributed by atoms with Gasteiger partial charge in [-0.3, -0.25) is 9.59 Å². The number of sulfone groups is 1. The third kappa shape index (κ3) is 4.18. The van der Waals surface area contributed by atoms with E-state index in [0.717, 1.165) is 12.8 Å². The van der Waals surface area contributed by atoms with Gasteiger partial charge >= 0.3 is 0 Å². The number of carbonyl (C=O) groups excluding carboxylic acids is 2. The first-order chi connectivity index (χ1) is 9.84. The van der Waals surface area contributed by atoms with Crippen LogP contribution in [0.1, 0.15) is 39.5 Å². The summed E-state index contributed by atoms with van der Waals surface area (Å²) in [4.78, 5) is 26.0. The van der Waals surface area contributed by atoms with E-state index in [9.17, 15) is 18.0 Å². The fourth-order valence-corrected chi connectivity index (χ4v) is 4.10. The number of hydrogen-bond donors (Lipinski definition) is 1. The molecule has 7 heteroatoms. The molecule has 1 saturated heterocycles. The smallest absolute Gasteiger partial charge is 0.245 e. The molecule has 2 unspecified atom stereocenters. The lowest BCUT2D eigenvalue weighted by Crippen LogP contribution is -2.49. The number of carbonyl (C=O) groups is 2. The molecule has 0 aromatic rings. The summed E-state index contributed by atoms with van der Waals surface area (Å²) in [5, 5.41) is 2.79. The van der Waals surface area contributed by atoms with Gasteiger partial charge in [-0.1, -0.05) is 6.92 Å². The van der Waals surface area contributed by atoms with Crippen LogP contribution < -0.4 is 5.32 Å². The lowest BCUT2D eigenvalue weighted by molar-refractivity contribution is -0.135. The normalized spacial score (nSPS) is 27.4. The zero-order valence-electron chi connectivity index (χ0n) is 12.7. The first-order valence-corrected chi connectivity index (χ1v) is 9.46. The molecule has 2 amide bonds. The Morgan fingerprint density at radius 1 is 1.24 bits per heavy atom. The average Bonchev–Trinajstić information content (AvgIpc) is 3.19. The van der Waals surface area contributed by atoms with Gasteiger partial charge in [0, 0.05) is 24.8 Å². The van der Waals surface area contributed by atoms with Crippen LogP contribution in [0.4, 0.5) is 0 Å². The Bertz CT molecular complexity index is 513. The standard InChI is InChI=1S/C14H24N2O4S/c1-3-7-21(19,20)8-6-16-10(2)9-12(17)15-13(14(16)18)11-4-5-11/h10-11,13H,3-9H2,1-2H3,(H,15,17). The summed E-state index contributed by atoms with van der Waals surface area (Å²) in [6.45, 7) is 3.81. The van der Waals surface area contributed by atoms with E-state index in [1.54, 1.807) is 11.8 Å². The Kier molecular flexibility index (Phi) is 4.91. The second kappa shape index (κ2) is 6.34. The van der Waals surface area contributed by atoms with Gasteiger partial charge in [-0.25, -0.2) is 8.42 Å². The number of nitrogens with zero attached hydrogens (tertiary/aromatic N) is 1. The monoisotopic (exact) mass is 316 g/mol. The van der Waals surface area contributed by atoms with E-state index in [1.807, 2.05) is 6.92 Å². The second-order valence-corrected chi connectivity index (χ2v) is 8.42. The predicted octanol–water partition coefficient (Wildman–Crippen LogP) is 0.327. The topological polar surface area (TPSA) is 83.6 Å². The summed E-state index contributed by atoms with van der Waals surface area (Å²) in [5.41, 5.74) is 0. The maximum atomic E-state index is 12.6. The van der Waals surface area contributed by atoms with Crippen molar-refractivity contribution in [3.8, 4) is 0 Å². The molecule has 0 bridgehead atoms. The van der Waals surface area contributed by atoms with Crippen molar-refractivity contribution in [2.24, 2.45) is 5.92 Å². The minimum absolute atomic E-state index is 0.0253. The van der Waals surface area contributed by atoms with Crippen molar-refractivity contribution >= 4 is 21.7 Å². The molecular formula is C14H24N2O4S. The van der Waals surface area contributed by atoms with Gasteiger partial charge in [0.15, 0.2) is 9.84 Å². The maximum Gasteiger partial charge on any atom is 0.245 e. The molecule has 0 spiro atoms. The van der Waals surface area contributed by atoms with Gasteiger partial charge in [0.2, 0.25) is 11.8 Å². The number of amides is 2. The SMILES string of the molecule is CCCS(=O)(=O)CCN1C(=O)C(C2CC2)NC(=O)CC1C. The molecule has 2 aliphatic rings. The molecule has 120 valence electrons. The molecule has 0 radical (unpaired) electrons. The molecule has 1 aliphatic heterocycles. The first-order valence-electron chi connectivity index (χ1n) is 7.64. The molecular weight excluding hydrogens is 292 g/mol. The van der Waals surface area contributed by atoms with E-state index in [0.29, 0.717) is 6.42 Å². The van der Waals surface area contributed by atoms with Gasteiger partial charge in [-0.05, 0) is 32.1 Å². The van der Waals surface area contributed by atoms with E-state index < -0.39 is 15.9 Å². The van der Waals surface area contributed by atoms with Gasteiger partial charge in [-0.2, -0.15) is 0 Å². The molecule has 2 fully saturated rings. The van der Waals surface area contributed by atoms with E-state index >= 15 is 0 Å². The van der Waals surface area contributed by atoms with Gasteiger partial charge in [0.1, 0.15) is 6.04 Å². The quantitative estimate of drug-likeness (QED) is 0.765. The zero-order valence-corrected chi connectivity index (χ0v) is 13.5. The van der Waals surface area contributed by atoms with E-state index in [4.69, 9.17) is 0 Å². The van der Waals surface area contributed by atoms with Crippen molar-refractivity contribution in [2.45, 2.75) is 51.6 Å². The Morgan fingerprint density at radius 3 is 2.48 bits per heavy atom. The van der Waals surface area contributed by atoms with Crippen molar-refractivity contribution in [3.63, 3.8) is 0 Å². The lowest BCUT2D eigenvalue weighted by Gasteiger charge is -2.28. The fraction of sp³-hybridized carbons (Fsp3) is 0.857. The van der Waals surface area contributed by atoms with E-state index in [2.05, 4.69) is 5.32 Å². The maximum absolute atomic E-state index is 12.6. The van der Waals surface area contributed by atoms with Crippen molar-refractivity contribution in [3.05, 3.63) is 0 Å². The highest BCUT2D eigenvalue weighted by Gasteiger charge is 2.42. The Labute approximate surface area is 126 Å². The third-order valence-electron chi connectivity index (χ3n) is 4.13. The van der Waals surface area contributed by atoms with Crippen molar-refractivity contribution in [2.75, 3.05) is 18.1 Å². The predicted molar refractivity (Wildman–Crippen MR) is 79.4 cm³/mol. The van der Waals surface area contributed by atoms with Gasteiger partial charge in [0.05, 0.1) is 5.75 Å². The molecule has 0 aromatic carbocycles. The molecule has 1 aliphatic carbocycles. The number of hydrogen-bond acceptors (Lipinski definition) is 4. The fourth-order valence-electron chi connectivity index (χ4n) is 2.80. The van der Waals surface area contributed by atoms with Crippen LogP contribution in [0.2, 0.25) is 0 Å². The highest BCUT2D eigenvalue weighted by molar-refractivity contribution is 7.91. The molecule has 1 saturated carbocycles. The molecule has 0 aromatic heterocycles. The Morgan fingerprint density at radius 2 is 1.90 bits per heavy atom. The lowest BCUT2D eigenvalue weighted by atomic mass is 10.1. The number of rotatable bonds is 6. The first kappa shape index (κ1) is 16.3. The van der Waals surface area contributed by atoms with Gasteiger partial charge in [0.25, 0.3) is 0 Å². The van der Waals surface area contributed by atoms with Crippen LogP contribution in [0, 0.1) is 5.92 Å². The second-order valence-electron chi connectivity index (χ2n) is 6.12. The van der Waals surface area contributed by atoms with Gasteiger partial charge < -0.3 is 10.2 Å². The van der Waals surface area contributed by atoms with Crippen LogP contribution >= 0.6 is 0 Å². The van der Waals surface area contributed by atoms with E-state index in [1.165, 1.54) is 0 Å². The van der Waals surface area contributed by atoms with Crippen LogP contribution in [0.25, 0.3) is 0 Å². The highest BCUT2D eigenvalue weighted by Crippen LogP contribution is 2.34. The molecule has 2 rings (SSSR count). The van der Waals surface area contributed by atoms with Gasteiger partial charge in [-0.15, -0.1) is 0 Å². The summed E-state index contributed by atoms with van der Waals surface area (Å²) in [7, 11) is -3.12. The Balaban J connectivity index is 2.07. The largest absolute Gasteiger partial charge is 0.344 e. The summed E-state index contributed by atoms with van der Waals surface area (Å²) >= 11 is 0. The molecule has 1 N–H and O–H groups in total. The Hall–Kier alpha value is -1.11. The molecule has 6 nitrogen and oxygen atoms in total. The summed E-state index contributed by atoms with van der Waals surface area (Å²) < 4.78 is 23.7. The molecule has 1 heterocycles. The minimum Gasteiger partial charge on any atom is -0.344 e. The van der Waals surface area contributed by atoms with Crippen LogP contribution in [0.3, 0.4) is 0 Å². The minimum atomic E-state index is -3.12. The van der Waals surface area contributed by atoms with Crippen molar-refractivity contribution in [1.29, 1.82) is 0 Å². The average molecular weight is 316 g/mol. The van der Waals surface area contributed by atoms with Crippen molar-refractivity contribution < 1.29 is 18.0 Å². The van der Waals surface area contributed by atoms with Crippen LogP contribution in [-0.2, 0) is 19.4 Å². The summed E-state index contributed by atoms with van der Waals surface area (Å²) in [6.07, 6.45) is 2.72. The van der Waals surface area contributed by atoms with Crippen LogP contribution in [0.5, 0.6) is 0 Å². The van der Waals surface area contributed by atoms with Crippen LogP contribution in [-0.4, -0.2) is 55.3 Å².